The summed E-state index contributed by atoms with van der Waals surface area (Å²) in [5.74, 6) is 0.0653. The van der Waals surface area contributed by atoms with Gasteiger partial charge in [0.15, 0.2) is 0 Å². The Hall–Kier alpha value is -1.57. The number of carbonyl (C=O) groups excluding carboxylic acids is 1. The van der Waals surface area contributed by atoms with Gasteiger partial charge in [0.05, 0.1) is 0 Å². The summed E-state index contributed by atoms with van der Waals surface area (Å²) >= 11 is 0. The largest absolute Gasteiger partial charge is 0.310 e. The van der Waals surface area contributed by atoms with Crippen LogP contribution in [0.4, 0.5) is 5.69 Å². The van der Waals surface area contributed by atoms with Gasteiger partial charge in [-0.1, -0.05) is 24.3 Å². The predicted molar refractivity (Wildman–Crippen MR) is 63.9 cm³/mol. The van der Waals surface area contributed by atoms with Crippen molar-refractivity contribution in [1.29, 1.82) is 0 Å². The molecule has 1 unspecified atom stereocenters. The van der Waals surface area contributed by atoms with Crippen LogP contribution in [0.2, 0.25) is 0 Å². The van der Waals surface area contributed by atoms with Crippen molar-refractivity contribution in [2.24, 2.45) is 0 Å². The monoisotopic (exact) mass is 203 g/mol. The summed E-state index contributed by atoms with van der Waals surface area (Å²) in [6.07, 6.45) is 2.64. The Bertz CT molecular complexity index is 332. The van der Waals surface area contributed by atoms with Crippen LogP contribution in [0.25, 0.3) is 0 Å². The summed E-state index contributed by atoms with van der Waals surface area (Å²) in [4.78, 5) is 13.3. The van der Waals surface area contributed by atoms with Crippen LogP contribution in [-0.4, -0.2) is 11.9 Å². The van der Waals surface area contributed by atoms with E-state index < -0.39 is 0 Å². The van der Waals surface area contributed by atoms with Crippen LogP contribution in [0, 0.1) is 0 Å². The lowest BCUT2D eigenvalue weighted by atomic mass is 10.1. The number of amides is 1. The average Bonchev–Trinajstić information content (AvgIpc) is 2.19. The van der Waals surface area contributed by atoms with E-state index >= 15 is 0 Å². The lowest BCUT2D eigenvalue weighted by Crippen LogP contribution is -2.36. The minimum atomic E-state index is 0.0653. The van der Waals surface area contributed by atoms with E-state index in [1.165, 1.54) is 0 Å². The Morgan fingerprint density at radius 2 is 2.07 bits per heavy atom. The molecule has 1 rings (SSSR count). The van der Waals surface area contributed by atoms with Crippen LogP contribution in [0.15, 0.2) is 43.0 Å². The molecule has 0 N–H and O–H groups in total. The molecule has 2 nitrogen and oxygen atoms in total. The first-order valence-corrected chi connectivity index (χ1v) is 5.12. The molecule has 1 amide bonds. The van der Waals surface area contributed by atoms with E-state index in [0.29, 0.717) is 0 Å². The summed E-state index contributed by atoms with van der Waals surface area (Å²) < 4.78 is 0. The van der Waals surface area contributed by atoms with Crippen LogP contribution in [0.3, 0.4) is 0 Å². The molecular formula is C13H17NO. The average molecular weight is 203 g/mol. The molecular weight excluding hydrogens is 186 g/mol. The molecule has 80 valence electrons. The second-order valence-corrected chi connectivity index (χ2v) is 3.60. The van der Waals surface area contributed by atoms with Crippen LogP contribution in [0.1, 0.15) is 20.3 Å². The molecule has 0 aliphatic rings. The van der Waals surface area contributed by atoms with Gasteiger partial charge < -0.3 is 4.90 Å². The zero-order valence-corrected chi connectivity index (χ0v) is 9.31. The molecule has 0 saturated carbocycles. The van der Waals surface area contributed by atoms with Gasteiger partial charge in [0.2, 0.25) is 5.91 Å². The van der Waals surface area contributed by atoms with Crippen molar-refractivity contribution in [3.8, 4) is 0 Å². The number of anilines is 1. The van der Waals surface area contributed by atoms with E-state index in [-0.39, 0.29) is 11.9 Å². The zero-order valence-electron chi connectivity index (χ0n) is 9.31. The van der Waals surface area contributed by atoms with Crippen molar-refractivity contribution < 1.29 is 4.79 Å². The van der Waals surface area contributed by atoms with Crippen molar-refractivity contribution >= 4 is 11.6 Å². The maximum atomic E-state index is 11.6. The van der Waals surface area contributed by atoms with Crippen LogP contribution < -0.4 is 4.90 Å². The standard InChI is InChI=1S/C13H17NO/c1-4-8-11(2)14(12(3)15)13-9-6-5-7-10-13/h4-7,9-11H,1,8H2,2-3H3. The summed E-state index contributed by atoms with van der Waals surface area (Å²) in [5, 5.41) is 0. The number of benzene rings is 1. The van der Waals surface area contributed by atoms with Gasteiger partial charge in [-0.2, -0.15) is 0 Å². The van der Waals surface area contributed by atoms with Crippen molar-refractivity contribution in [2.75, 3.05) is 4.90 Å². The zero-order chi connectivity index (χ0) is 11.3. The maximum Gasteiger partial charge on any atom is 0.224 e. The molecule has 1 atom stereocenters. The number of hydrogen-bond donors (Lipinski definition) is 0. The Kier molecular flexibility index (Phi) is 4.10. The highest BCUT2D eigenvalue weighted by molar-refractivity contribution is 5.92. The molecule has 0 saturated heterocycles. The summed E-state index contributed by atoms with van der Waals surface area (Å²) in [6.45, 7) is 7.31. The van der Waals surface area contributed by atoms with Crippen LogP contribution >= 0.6 is 0 Å². The molecule has 0 aromatic heterocycles. The number of para-hydroxylation sites is 1. The fourth-order valence-corrected chi connectivity index (χ4v) is 1.68. The fourth-order valence-electron chi connectivity index (χ4n) is 1.68. The van der Waals surface area contributed by atoms with E-state index in [4.69, 9.17) is 0 Å². The minimum Gasteiger partial charge on any atom is -0.310 e. The third kappa shape index (κ3) is 2.94. The van der Waals surface area contributed by atoms with Gasteiger partial charge in [-0.3, -0.25) is 4.79 Å². The van der Waals surface area contributed by atoms with Gasteiger partial charge >= 0.3 is 0 Å². The Balaban J connectivity index is 2.93. The van der Waals surface area contributed by atoms with Crippen molar-refractivity contribution in [1.82, 2.24) is 0 Å². The highest BCUT2D eigenvalue weighted by Gasteiger charge is 2.16. The molecule has 0 spiro atoms. The van der Waals surface area contributed by atoms with Crippen molar-refractivity contribution in [3.63, 3.8) is 0 Å². The van der Waals surface area contributed by atoms with Crippen molar-refractivity contribution in [3.05, 3.63) is 43.0 Å². The quantitative estimate of drug-likeness (QED) is 0.689. The SMILES string of the molecule is C=CCC(C)N(C(C)=O)c1ccccc1. The number of rotatable bonds is 4. The highest BCUT2D eigenvalue weighted by Crippen LogP contribution is 2.18. The summed E-state index contributed by atoms with van der Waals surface area (Å²) in [6, 6.07) is 9.86. The Labute approximate surface area is 91.2 Å². The Morgan fingerprint density at radius 3 is 2.53 bits per heavy atom. The second-order valence-electron chi connectivity index (χ2n) is 3.60. The summed E-state index contributed by atoms with van der Waals surface area (Å²) in [7, 11) is 0. The van der Waals surface area contributed by atoms with E-state index in [0.717, 1.165) is 12.1 Å². The second kappa shape index (κ2) is 5.35. The predicted octanol–water partition coefficient (Wildman–Crippen LogP) is 3.00. The van der Waals surface area contributed by atoms with Gasteiger partial charge in [0.25, 0.3) is 0 Å². The molecule has 0 fully saturated rings. The highest BCUT2D eigenvalue weighted by atomic mass is 16.2. The van der Waals surface area contributed by atoms with E-state index in [1.54, 1.807) is 11.8 Å². The minimum absolute atomic E-state index is 0.0653. The normalized spacial score (nSPS) is 11.9. The van der Waals surface area contributed by atoms with Crippen molar-refractivity contribution in [2.45, 2.75) is 26.3 Å². The molecule has 0 heterocycles. The molecule has 15 heavy (non-hydrogen) atoms. The molecule has 0 aliphatic heterocycles. The van der Waals surface area contributed by atoms with E-state index in [9.17, 15) is 4.79 Å². The first-order valence-electron chi connectivity index (χ1n) is 5.12. The molecule has 1 aromatic rings. The smallest absolute Gasteiger partial charge is 0.224 e. The third-order valence-corrected chi connectivity index (χ3v) is 2.32. The van der Waals surface area contributed by atoms with Gasteiger partial charge in [0, 0.05) is 18.7 Å². The van der Waals surface area contributed by atoms with Crippen LogP contribution in [-0.2, 0) is 4.79 Å². The molecule has 0 bridgehead atoms. The maximum absolute atomic E-state index is 11.6. The van der Waals surface area contributed by atoms with Gasteiger partial charge in [-0.25, -0.2) is 0 Å². The molecule has 0 aliphatic carbocycles. The molecule has 2 heteroatoms. The fraction of sp³-hybridized carbons (Fsp3) is 0.308. The third-order valence-electron chi connectivity index (χ3n) is 2.32. The topological polar surface area (TPSA) is 20.3 Å². The van der Waals surface area contributed by atoms with E-state index in [1.807, 2.05) is 43.3 Å². The summed E-state index contributed by atoms with van der Waals surface area (Å²) in [5.41, 5.74) is 0.944. The van der Waals surface area contributed by atoms with Gasteiger partial charge in [0.1, 0.15) is 0 Å². The molecule has 1 aromatic carbocycles. The molecule has 0 radical (unpaired) electrons. The number of hydrogen-bond acceptors (Lipinski definition) is 1. The Morgan fingerprint density at radius 1 is 1.47 bits per heavy atom. The lowest BCUT2D eigenvalue weighted by molar-refractivity contribution is -0.116. The first kappa shape index (κ1) is 11.5. The number of nitrogens with zero attached hydrogens (tertiary/aromatic N) is 1. The van der Waals surface area contributed by atoms with E-state index in [2.05, 4.69) is 6.58 Å². The van der Waals surface area contributed by atoms with Gasteiger partial charge in [-0.15, -0.1) is 6.58 Å². The first-order chi connectivity index (χ1) is 7.16. The van der Waals surface area contributed by atoms with Crippen LogP contribution in [0.5, 0.6) is 0 Å². The lowest BCUT2D eigenvalue weighted by Gasteiger charge is -2.27. The number of carbonyl (C=O) groups is 1. The van der Waals surface area contributed by atoms with Gasteiger partial charge in [-0.05, 0) is 25.5 Å².